The molecule has 4 rings (SSSR count). The minimum absolute atomic E-state index is 0.242. The number of amides is 1. The molecule has 2 aliphatic rings. The highest BCUT2D eigenvalue weighted by Crippen LogP contribution is 2.35. The summed E-state index contributed by atoms with van der Waals surface area (Å²) in [6.45, 7) is 8.02. The van der Waals surface area contributed by atoms with E-state index in [1.54, 1.807) is 4.90 Å². The number of benzene rings is 2. The summed E-state index contributed by atoms with van der Waals surface area (Å²) in [5.74, 6) is 0.204. The molecule has 2 heterocycles. The van der Waals surface area contributed by atoms with Crippen LogP contribution in [0.4, 0.5) is 10.5 Å². The van der Waals surface area contributed by atoms with E-state index in [1.165, 1.54) is 0 Å². The van der Waals surface area contributed by atoms with Gasteiger partial charge in [-0.15, -0.1) is 0 Å². The van der Waals surface area contributed by atoms with Gasteiger partial charge < -0.3 is 34.3 Å². The normalized spacial score (nSPS) is 18.6. The summed E-state index contributed by atoms with van der Waals surface area (Å²) in [4.78, 5) is 14.1. The van der Waals surface area contributed by atoms with Crippen LogP contribution < -0.4 is 10.5 Å². The van der Waals surface area contributed by atoms with E-state index in [-0.39, 0.29) is 12.2 Å². The zero-order valence-corrected chi connectivity index (χ0v) is 21.4. The van der Waals surface area contributed by atoms with E-state index in [1.807, 2.05) is 56.3 Å². The Hall–Kier alpha value is -2.81. The molecular weight excluding hydrogens is 460 g/mol. The third kappa shape index (κ3) is 7.59. The predicted octanol–water partition coefficient (Wildman–Crippen LogP) is 5.20. The van der Waals surface area contributed by atoms with Crippen LogP contribution in [0.25, 0.3) is 0 Å². The molecule has 1 atom stereocenters. The van der Waals surface area contributed by atoms with Gasteiger partial charge in [0.15, 0.2) is 0 Å². The molecule has 2 aromatic rings. The van der Waals surface area contributed by atoms with E-state index >= 15 is 0 Å². The minimum Gasteiger partial charge on any atom is -0.463 e. The first-order chi connectivity index (χ1) is 17.4. The number of carbonyl (C=O) groups is 1. The molecular formula is C28H38N2O6. The lowest BCUT2D eigenvalue weighted by Gasteiger charge is -2.32. The van der Waals surface area contributed by atoms with Crippen LogP contribution in [0.5, 0.6) is 5.75 Å². The summed E-state index contributed by atoms with van der Waals surface area (Å²) < 4.78 is 28.5. The summed E-state index contributed by atoms with van der Waals surface area (Å²) >= 11 is 0. The molecule has 0 aromatic heterocycles. The fraction of sp³-hybridized carbons (Fsp3) is 0.536. The van der Waals surface area contributed by atoms with Gasteiger partial charge in [0.2, 0.25) is 5.79 Å². The quantitative estimate of drug-likeness (QED) is 0.300. The lowest BCUT2D eigenvalue weighted by molar-refractivity contribution is -0.180. The Morgan fingerprint density at radius 2 is 1.78 bits per heavy atom. The summed E-state index contributed by atoms with van der Waals surface area (Å²) in [5, 5.41) is 0. The van der Waals surface area contributed by atoms with E-state index in [9.17, 15) is 4.79 Å². The Morgan fingerprint density at radius 1 is 1.00 bits per heavy atom. The maximum Gasteiger partial charge on any atom is 0.410 e. The van der Waals surface area contributed by atoms with Crippen molar-refractivity contribution in [3.05, 3.63) is 59.2 Å². The van der Waals surface area contributed by atoms with Gasteiger partial charge in [0.25, 0.3) is 0 Å². The molecule has 36 heavy (non-hydrogen) atoms. The number of ether oxygens (including phenoxy) is 5. The second kappa shape index (κ2) is 12.4. The van der Waals surface area contributed by atoms with E-state index in [2.05, 4.69) is 0 Å². The Bertz CT molecular complexity index is 994. The number of carbonyl (C=O) groups excluding carboxylic acids is 1. The third-order valence-electron chi connectivity index (χ3n) is 6.36. The van der Waals surface area contributed by atoms with E-state index in [0.29, 0.717) is 39.5 Å². The fourth-order valence-electron chi connectivity index (χ4n) is 4.31. The number of rotatable bonds is 13. The van der Waals surface area contributed by atoms with Crippen molar-refractivity contribution in [3.63, 3.8) is 0 Å². The summed E-state index contributed by atoms with van der Waals surface area (Å²) in [6, 6.07) is 13.6. The highest BCUT2D eigenvalue weighted by atomic mass is 16.7. The molecule has 1 saturated heterocycles. The first kappa shape index (κ1) is 26.3. The molecule has 8 heteroatoms. The molecule has 1 unspecified atom stereocenters. The number of unbranched alkanes of at least 4 members (excludes halogenated alkanes) is 3. The molecule has 0 spiro atoms. The molecule has 1 fully saturated rings. The highest BCUT2D eigenvalue weighted by molar-refractivity contribution is 5.70. The van der Waals surface area contributed by atoms with Gasteiger partial charge in [0.05, 0.1) is 33.0 Å². The summed E-state index contributed by atoms with van der Waals surface area (Å²) in [6.07, 6.45) is 3.57. The maximum atomic E-state index is 12.3. The van der Waals surface area contributed by atoms with E-state index < -0.39 is 5.79 Å². The average Bonchev–Trinajstić information content (AvgIpc) is 3.23. The zero-order chi connectivity index (χ0) is 25.4. The molecule has 1 amide bonds. The second-order valence-electron chi connectivity index (χ2n) is 9.80. The smallest absolute Gasteiger partial charge is 0.410 e. The Balaban J connectivity index is 1.04. The van der Waals surface area contributed by atoms with Crippen LogP contribution in [0.3, 0.4) is 0 Å². The van der Waals surface area contributed by atoms with Crippen molar-refractivity contribution in [2.24, 2.45) is 0 Å². The summed E-state index contributed by atoms with van der Waals surface area (Å²) in [5.41, 5.74) is 9.50. The van der Waals surface area contributed by atoms with Crippen LogP contribution in [0.1, 0.15) is 62.3 Å². The molecule has 0 bridgehead atoms. The Morgan fingerprint density at radius 3 is 2.61 bits per heavy atom. The van der Waals surface area contributed by atoms with Gasteiger partial charge in [-0.2, -0.15) is 0 Å². The van der Waals surface area contributed by atoms with Crippen molar-refractivity contribution in [1.82, 2.24) is 4.90 Å². The first-order valence-electron chi connectivity index (χ1n) is 12.8. The SMILES string of the molecule is CC1(C)OCc2cc(C3CN(CCCCCCOCCOCc4ccc(N)cc4)C(=O)O3)ccc2O1. The lowest BCUT2D eigenvalue weighted by atomic mass is 10.0. The summed E-state index contributed by atoms with van der Waals surface area (Å²) in [7, 11) is 0. The third-order valence-corrected chi connectivity index (χ3v) is 6.36. The number of cyclic esters (lactones) is 1. The predicted molar refractivity (Wildman–Crippen MR) is 137 cm³/mol. The average molecular weight is 499 g/mol. The molecule has 0 radical (unpaired) electrons. The number of nitrogens with two attached hydrogens (primary N) is 1. The van der Waals surface area contributed by atoms with Crippen molar-refractivity contribution in [2.75, 3.05) is 38.6 Å². The number of anilines is 1. The van der Waals surface area contributed by atoms with Crippen molar-refractivity contribution in [3.8, 4) is 5.75 Å². The van der Waals surface area contributed by atoms with Crippen LogP contribution in [-0.2, 0) is 32.2 Å². The van der Waals surface area contributed by atoms with E-state index in [0.717, 1.165) is 60.4 Å². The fourth-order valence-corrected chi connectivity index (χ4v) is 4.31. The zero-order valence-electron chi connectivity index (χ0n) is 21.4. The van der Waals surface area contributed by atoms with Crippen LogP contribution in [0.2, 0.25) is 0 Å². The van der Waals surface area contributed by atoms with Crippen molar-refractivity contribution in [1.29, 1.82) is 0 Å². The van der Waals surface area contributed by atoms with Gasteiger partial charge in [0, 0.05) is 38.2 Å². The van der Waals surface area contributed by atoms with Gasteiger partial charge in [-0.25, -0.2) is 4.79 Å². The van der Waals surface area contributed by atoms with Gasteiger partial charge in [0.1, 0.15) is 11.9 Å². The Labute approximate surface area is 213 Å². The number of fused-ring (bicyclic) bond motifs is 1. The van der Waals surface area contributed by atoms with Gasteiger partial charge in [-0.3, -0.25) is 0 Å². The molecule has 2 aromatic carbocycles. The molecule has 8 nitrogen and oxygen atoms in total. The topological polar surface area (TPSA) is 92.5 Å². The highest BCUT2D eigenvalue weighted by Gasteiger charge is 2.33. The van der Waals surface area contributed by atoms with Crippen LogP contribution >= 0.6 is 0 Å². The van der Waals surface area contributed by atoms with E-state index in [4.69, 9.17) is 29.4 Å². The Kier molecular flexibility index (Phi) is 9.07. The molecule has 0 saturated carbocycles. The van der Waals surface area contributed by atoms with Crippen molar-refractivity contribution < 1.29 is 28.5 Å². The lowest BCUT2D eigenvalue weighted by Crippen LogP contribution is -2.35. The van der Waals surface area contributed by atoms with Crippen LogP contribution in [0.15, 0.2) is 42.5 Å². The monoisotopic (exact) mass is 498 g/mol. The molecule has 0 aliphatic carbocycles. The number of hydrogen-bond donors (Lipinski definition) is 1. The second-order valence-corrected chi connectivity index (χ2v) is 9.80. The van der Waals surface area contributed by atoms with Gasteiger partial charge in [-0.1, -0.05) is 31.0 Å². The standard InChI is InChI=1S/C28H38N2O6/c1-28(2)34-20-23-17-22(9-12-25(23)36-28)26-18-30(27(31)35-26)13-5-3-4-6-14-32-15-16-33-19-21-7-10-24(29)11-8-21/h7-12,17,26H,3-6,13-16,18-20,29H2,1-2H3. The minimum atomic E-state index is -0.621. The number of hydrogen-bond acceptors (Lipinski definition) is 7. The van der Waals surface area contributed by atoms with Crippen LogP contribution in [0, 0.1) is 0 Å². The number of nitrogen functional groups attached to an aromatic ring is 1. The number of nitrogens with zero attached hydrogens (tertiary/aromatic N) is 1. The molecule has 2 N–H and O–H groups in total. The first-order valence-corrected chi connectivity index (χ1v) is 12.8. The molecule has 196 valence electrons. The largest absolute Gasteiger partial charge is 0.463 e. The maximum absolute atomic E-state index is 12.3. The van der Waals surface area contributed by atoms with Gasteiger partial charge in [-0.05, 0) is 48.2 Å². The van der Waals surface area contributed by atoms with Crippen LogP contribution in [-0.4, -0.2) is 49.7 Å². The van der Waals surface area contributed by atoms with Crippen molar-refractivity contribution in [2.45, 2.75) is 64.6 Å². The molecule has 2 aliphatic heterocycles. The van der Waals surface area contributed by atoms with Gasteiger partial charge >= 0.3 is 6.09 Å². The van der Waals surface area contributed by atoms with Crippen molar-refractivity contribution >= 4 is 11.8 Å².